The fourth-order valence-electron chi connectivity index (χ4n) is 1.33. The van der Waals surface area contributed by atoms with Gasteiger partial charge in [-0.25, -0.2) is 0 Å². The van der Waals surface area contributed by atoms with Crippen LogP contribution in [0.2, 0.25) is 5.02 Å². The Morgan fingerprint density at radius 1 is 1.50 bits per heavy atom. The Morgan fingerprint density at radius 3 is 2.56 bits per heavy atom. The van der Waals surface area contributed by atoms with Crippen molar-refractivity contribution in [3.05, 3.63) is 27.2 Å². The van der Waals surface area contributed by atoms with Crippen LogP contribution in [0.4, 0.5) is 0 Å². The standard InChI is InChI=1S/C11H15BrClNO2/c1-11(2,5-15)10(14)6-3-4-7(13)8(12)9(6)16/h3-4,10,15-16H,5,14H2,1-2H3/t10-/m1/s1. The molecule has 90 valence electrons. The first-order valence-corrected chi connectivity index (χ1v) is 6.01. The van der Waals surface area contributed by atoms with Crippen LogP contribution in [-0.4, -0.2) is 16.8 Å². The summed E-state index contributed by atoms with van der Waals surface area (Å²) in [7, 11) is 0. The first-order chi connectivity index (χ1) is 7.31. The van der Waals surface area contributed by atoms with E-state index >= 15 is 0 Å². The number of hydrogen-bond acceptors (Lipinski definition) is 3. The normalized spacial score (nSPS) is 13.9. The summed E-state index contributed by atoms with van der Waals surface area (Å²) < 4.78 is 0.427. The molecule has 0 fully saturated rings. The predicted molar refractivity (Wildman–Crippen MR) is 68.6 cm³/mol. The molecule has 0 radical (unpaired) electrons. The molecule has 16 heavy (non-hydrogen) atoms. The van der Waals surface area contributed by atoms with E-state index in [1.165, 1.54) is 0 Å². The summed E-state index contributed by atoms with van der Waals surface area (Å²) >= 11 is 9.03. The molecule has 0 spiro atoms. The van der Waals surface area contributed by atoms with E-state index in [-0.39, 0.29) is 12.4 Å². The Bertz CT molecular complexity index is 396. The van der Waals surface area contributed by atoms with Crippen LogP contribution in [0.5, 0.6) is 5.75 Å². The Hall–Kier alpha value is -0.290. The Labute approximate surface area is 108 Å². The molecule has 0 aromatic heterocycles. The summed E-state index contributed by atoms with van der Waals surface area (Å²) in [4.78, 5) is 0. The van der Waals surface area contributed by atoms with Gasteiger partial charge in [0.1, 0.15) is 5.75 Å². The third kappa shape index (κ3) is 2.51. The van der Waals surface area contributed by atoms with Crippen molar-refractivity contribution in [2.45, 2.75) is 19.9 Å². The third-order valence-corrected chi connectivity index (χ3v) is 4.03. The molecule has 0 saturated carbocycles. The van der Waals surface area contributed by atoms with Crippen LogP contribution in [0.1, 0.15) is 25.5 Å². The van der Waals surface area contributed by atoms with Crippen molar-refractivity contribution < 1.29 is 10.2 Å². The number of aliphatic hydroxyl groups excluding tert-OH is 1. The summed E-state index contributed by atoms with van der Waals surface area (Å²) in [5.74, 6) is 0.0292. The van der Waals surface area contributed by atoms with Crippen molar-refractivity contribution in [1.82, 2.24) is 0 Å². The summed E-state index contributed by atoms with van der Waals surface area (Å²) in [6.07, 6.45) is 0. The molecule has 0 heterocycles. The number of rotatable bonds is 3. The molecule has 1 aromatic rings. The molecule has 5 heteroatoms. The first-order valence-electron chi connectivity index (χ1n) is 4.84. The minimum absolute atomic E-state index is 0.0292. The number of nitrogens with two attached hydrogens (primary N) is 1. The molecule has 0 aliphatic carbocycles. The van der Waals surface area contributed by atoms with Gasteiger partial charge in [0.05, 0.1) is 9.50 Å². The van der Waals surface area contributed by atoms with Gasteiger partial charge in [-0.15, -0.1) is 0 Å². The lowest BCUT2D eigenvalue weighted by Crippen LogP contribution is -2.32. The molecule has 4 N–H and O–H groups in total. The molecule has 0 unspecified atom stereocenters. The summed E-state index contributed by atoms with van der Waals surface area (Å²) in [6, 6.07) is 2.87. The lowest BCUT2D eigenvalue weighted by molar-refractivity contribution is 0.131. The van der Waals surface area contributed by atoms with E-state index in [4.69, 9.17) is 17.3 Å². The minimum atomic E-state index is -0.509. The van der Waals surface area contributed by atoms with Crippen molar-refractivity contribution in [2.24, 2.45) is 11.1 Å². The van der Waals surface area contributed by atoms with Gasteiger partial charge in [-0.1, -0.05) is 31.5 Å². The number of hydrogen-bond donors (Lipinski definition) is 3. The van der Waals surface area contributed by atoms with E-state index in [2.05, 4.69) is 15.9 Å². The van der Waals surface area contributed by atoms with Crippen LogP contribution >= 0.6 is 27.5 Å². The second-order valence-electron chi connectivity index (χ2n) is 4.42. The fourth-order valence-corrected chi connectivity index (χ4v) is 1.84. The molecular formula is C11H15BrClNO2. The second kappa shape index (κ2) is 4.92. The van der Waals surface area contributed by atoms with E-state index in [0.29, 0.717) is 15.1 Å². The molecule has 0 amide bonds. The average molecular weight is 309 g/mol. The minimum Gasteiger partial charge on any atom is -0.506 e. The number of benzene rings is 1. The van der Waals surface area contributed by atoms with Crippen molar-refractivity contribution >= 4 is 27.5 Å². The highest BCUT2D eigenvalue weighted by Gasteiger charge is 2.29. The van der Waals surface area contributed by atoms with Gasteiger partial charge in [0.15, 0.2) is 0 Å². The molecule has 1 rings (SSSR count). The number of aliphatic hydroxyl groups is 1. The van der Waals surface area contributed by atoms with Crippen LogP contribution in [0.15, 0.2) is 16.6 Å². The van der Waals surface area contributed by atoms with Gasteiger partial charge in [-0.2, -0.15) is 0 Å². The van der Waals surface area contributed by atoms with E-state index in [1.54, 1.807) is 12.1 Å². The lowest BCUT2D eigenvalue weighted by Gasteiger charge is -2.30. The van der Waals surface area contributed by atoms with Crippen molar-refractivity contribution in [1.29, 1.82) is 0 Å². The summed E-state index contributed by atoms with van der Waals surface area (Å²) in [5.41, 5.74) is 6.08. The van der Waals surface area contributed by atoms with Crippen LogP contribution in [0, 0.1) is 5.41 Å². The fraction of sp³-hybridized carbons (Fsp3) is 0.455. The highest BCUT2D eigenvalue weighted by atomic mass is 79.9. The monoisotopic (exact) mass is 307 g/mol. The highest BCUT2D eigenvalue weighted by Crippen LogP contribution is 2.41. The van der Waals surface area contributed by atoms with E-state index in [0.717, 1.165) is 0 Å². The van der Waals surface area contributed by atoms with Crippen LogP contribution in [0.25, 0.3) is 0 Å². The van der Waals surface area contributed by atoms with Gasteiger partial charge in [0.25, 0.3) is 0 Å². The zero-order valence-electron chi connectivity index (χ0n) is 9.17. The molecule has 1 aromatic carbocycles. The van der Waals surface area contributed by atoms with Crippen LogP contribution in [-0.2, 0) is 0 Å². The molecule has 1 atom stereocenters. The van der Waals surface area contributed by atoms with E-state index in [9.17, 15) is 10.2 Å². The molecule has 0 aliphatic rings. The van der Waals surface area contributed by atoms with Crippen LogP contribution in [0.3, 0.4) is 0 Å². The highest BCUT2D eigenvalue weighted by molar-refractivity contribution is 9.10. The number of phenols is 1. The van der Waals surface area contributed by atoms with Gasteiger partial charge in [-0.3, -0.25) is 0 Å². The Balaban J connectivity index is 3.20. The Morgan fingerprint density at radius 2 is 2.06 bits per heavy atom. The van der Waals surface area contributed by atoms with E-state index in [1.807, 2.05) is 13.8 Å². The smallest absolute Gasteiger partial charge is 0.136 e. The topological polar surface area (TPSA) is 66.5 Å². The third-order valence-electron chi connectivity index (χ3n) is 2.68. The van der Waals surface area contributed by atoms with Crippen molar-refractivity contribution in [3.63, 3.8) is 0 Å². The average Bonchev–Trinajstić information content (AvgIpc) is 2.25. The number of halogens is 2. The SMILES string of the molecule is CC(C)(CO)[C@H](N)c1ccc(Cl)c(Br)c1O. The molecular weight excluding hydrogens is 293 g/mol. The lowest BCUT2D eigenvalue weighted by atomic mass is 9.81. The van der Waals surface area contributed by atoms with Gasteiger partial charge in [-0.05, 0) is 22.0 Å². The number of aromatic hydroxyl groups is 1. The second-order valence-corrected chi connectivity index (χ2v) is 5.62. The van der Waals surface area contributed by atoms with Gasteiger partial charge in [0.2, 0.25) is 0 Å². The first kappa shape index (κ1) is 13.8. The maximum absolute atomic E-state index is 9.91. The predicted octanol–water partition coefficient (Wildman–Crippen LogP) is 2.83. The molecule has 0 bridgehead atoms. The van der Waals surface area contributed by atoms with Crippen molar-refractivity contribution in [2.75, 3.05) is 6.61 Å². The Kier molecular flexibility index (Phi) is 4.23. The van der Waals surface area contributed by atoms with E-state index < -0.39 is 11.5 Å². The molecule has 0 aliphatic heterocycles. The van der Waals surface area contributed by atoms with Crippen molar-refractivity contribution in [3.8, 4) is 5.75 Å². The van der Waals surface area contributed by atoms with Crippen LogP contribution < -0.4 is 5.73 Å². The van der Waals surface area contributed by atoms with Gasteiger partial charge < -0.3 is 15.9 Å². The van der Waals surface area contributed by atoms with Gasteiger partial charge in [0, 0.05) is 23.6 Å². The summed E-state index contributed by atoms with van der Waals surface area (Å²) in [6.45, 7) is 3.60. The van der Waals surface area contributed by atoms with Gasteiger partial charge >= 0.3 is 0 Å². The maximum atomic E-state index is 9.91. The largest absolute Gasteiger partial charge is 0.506 e. The molecule has 0 saturated heterocycles. The zero-order chi connectivity index (χ0) is 12.5. The zero-order valence-corrected chi connectivity index (χ0v) is 11.5. The number of phenolic OH excluding ortho intramolecular Hbond substituents is 1. The maximum Gasteiger partial charge on any atom is 0.136 e. The quantitative estimate of drug-likeness (QED) is 0.804. The summed E-state index contributed by atoms with van der Waals surface area (Å²) in [5, 5.41) is 19.6. The molecule has 3 nitrogen and oxygen atoms in total.